The number of hydrogen-bond acceptors (Lipinski definition) is 3. The SMILES string of the molecule is Cn1c(Cc2ccccc2)nn(CN2CCC(c3ccccc3)CC2)c1=S. The Morgan fingerprint density at radius 2 is 1.59 bits per heavy atom. The Morgan fingerprint density at radius 1 is 0.963 bits per heavy atom. The highest BCUT2D eigenvalue weighted by molar-refractivity contribution is 7.71. The summed E-state index contributed by atoms with van der Waals surface area (Å²) in [6.07, 6.45) is 3.20. The molecule has 0 saturated carbocycles. The van der Waals surface area contributed by atoms with E-state index < -0.39 is 0 Å². The first-order chi connectivity index (χ1) is 13.2. The topological polar surface area (TPSA) is 26.0 Å². The normalized spacial score (nSPS) is 15.9. The van der Waals surface area contributed by atoms with Gasteiger partial charge in [-0.15, -0.1) is 0 Å². The Hall–Kier alpha value is -2.24. The molecular weight excluding hydrogens is 352 g/mol. The van der Waals surface area contributed by atoms with E-state index in [4.69, 9.17) is 17.3 Å². The fourth-order valence-corrected chi connectivity index (χ4v) is 4.08. The van der Waals surface area contributed by atoms with Gasteiger partial charge in [0.2, 0.25) is 0 Å². The summed E-state index contributed by atoms with van der Waals surface area (Å²) in [7, 11) is 2.02. The fraction of sp³-hybridized carbons (Fsp3) is 0.364. The van der Waals surface area contributed by atoms with Crippen LogP contribution < -0.4 is 0 Å². The van der Waals surface area contributed by atoms with Crippen molar-refractivity contribution in [3.63, 3.8) is 0 Å². The maximum absolute atomic E-state index is 5.64. The molecule has 0 N–H and O–H groups in total. The lowest BCUT2D eigenvalue weighted by atomic mass is 9.90. The zero-order valence-electron chi connectivity index (χ0n) is 15.8. The maximum Gasteiger partial charge on any atom is 0.198 e. The average molecular weight is 379 g/mol. The molecule has 140 valence electrons. The molecule has 0 unspecified atom stereocenters. The first-order valence-electron chi connectivity index (χ1n) is 9.64. The van der Waals surface area contributed by atoms with Gasteiger partial charge in [-0.05, 0) is 42.1 Å². The lowest BCUT2D eigenvalue weighted by Crippen LogP contribution is -2.34. The van der Waals surface area contributed by atoms with Crippen molar-refractivity contribution >= 4 is 12.2 Å². The van der Waals surface area contributed by atoms with E-state index in [1.165, 1.54) is 24.0 Å². The Labute approximate surface area is 166 Å². The zero-order valence-corrected chi connectivity index (χ0v) is 16.6. The number of nitrogens with zero attached hydrogens (tertiary/aromatic N) is 4. The molecule has 5 heteroatoms. The zero-order chi connectivity index (χ0) is 18.6. The van der Waals surface area contributed by atoms with Crippen molar-refractivity contribution in [3.05, 3.63) is 82.4 Å². The van der Waals surface area contributed by atoms with Crippen LogP contribution in [0.2, 0.25) is 0 Å². The second kappa shape index (κ2) is 8.19. The third kappa shape index (κ3) is 4.20. The highest BCUT2D eigenvalue weighted by Crippen LogP contribution is 2.27. The predicted molar refractivity (Wildman–Crippen MR) is 111 cm³/mol. The van der Waals surface area contributed by atoms with Crippen LogP contribution in [-0.2, 0) is 20.1 Å². The van der Waals surface area contributed by atoms with Gasteiger partial charge in [0, 0.05) is 26.6 Å². The van der Waals surface area contributed by atoms with E-state index in [9.17, 15) is 0 Å². The van der Waals surface area contributed by atoms with Gasteiger partial charge in [-0.25, -0.2) is 4.68 Å². The van der Waals surface area contributed by atoms with Gasteiger partial charge in [-0.1, -0.05) is 60.7 Å². The highest BCUT2D eigenvalue weighted by atomic mass is 32.1. The van der Waals surface area contributed by atoms with E-state index in [0.717, 1.165) is 36.8 Å². The molecule has 0 amide bonds. The summed E-state index contributed by atoms with van der Waals surface area (Å²) in [4.78, 5) is 2.47. The van der Waals surface area contributed by atoms with Crippen LogP contribution in [0.5, 0.6) is 0 Å². The number of likely N-dealkylation sites (tertiary alicyclic amines) is 1. The van der Waals surface area contributed by atoms with Crippen LogP contribution in [0.15, 0.2) is 60.7 Å². The highest BCUT2D eigenvalue weighted by Gasteiger charge is 2.21. The molecule has 4 nitrogen and oxygen atoms in total. The molecular formula is C22H26N4S. The van der Waals surface area contributed by atoms with E-state index in [1.54, 1.807) is 0 Å². The molecule has 2 aromatic carbocycles. The van der Waals surface area contributed by atoms with Crippen LogP contribution in [-0.4, -0.2) is 32.3 Å². The fourth-order valence-electron chi connectivity index (χ4n) is 3.88. The molecule has 1 fully saturated rings. The standard InChI is InChI=1S/C22H26N4S/c1-24-21(16-18-8-4-2-5-9-18)23-26(22(24)27)17-25-14-12-20(13-15-25)19-10-6-3-7-11-19/h2-11,20H,12-17H2,1H3. The minimum atomic E-state index is 0.674. The van der Waals surface area contributed by atoms with E-state index in [2.05, 4.69) is 59.5 Å². The van der Waals surface area contributed by atoms with Gasteiger partial charge in [0.25, 0.3) is 0 Å². The molecule has 0 bridgehead atoms. The number of benzene rings is 2. The minimum Gasteiger partial charge on any atom is -0.307 e. The molecule has 0 aliphatic carbocycles. The molecule has 0 radical (unpaired) electrons. The Morgan fingerprint density at radius 3 is 2.26 bits per heavy atom. The molecule has 1 saturated heterocycles. The van der Waals surface area contributed by atoms with Gasteiger partial charge in [0.15, 0.2) is 4.77 Å². The first kappa shape index (κ1) is 18.1. The van der Waals surface area contributed by atoms with Crippen LogP contribution >= 0.6 is 12.2 Å². The Balaban J connectivity index is 1.40. The van der Waals surface area contributed by atoms with Crippen molar-refractivity contribution in [1.82, 2.24) is 19.2 Å². The van der Waals surface area contributed by atoms with Crippen LogP contribution in [0.4, 0.5) is 0 Å². The number of hydrogen-bond donors (Lipinski definition) is 0. The van der Waals surface area contributed by atoms with E-state index >= 15 is 0 Å². The number of piperidine rings is 1. The molecule has 1 aromatic heterocycles. The average Bonchev–Trinajstić information content (AvgIpc) is 2.98. The summed E-state index contributed by atoms with van der Waals surface area (Å²) >= 11 is 5.64. The molecule has 1 aliphatic rings. The van der Waals surface area contributed by atoms with Gasteiger partial charge in [-0.3, -0.25) is 4.90 Å². The first-order valence-corrected chi connectivity index (χ1v) is 10.1. The molecule has 0 spiro atoms. The Bertz CT molecular complexity index is 922. The van der Waals surface area contributed by atoms with Gasteiger partial charge >= 0.3 is 0 Å². The molecule has 2 heterocycles. The van der Waals surface area contributed by atoms with Crippen LogP contribution in [0, 0.1) is 4.77 Å². The maximum atomic E-state index is 5.64. The number of aromatic nitrogens is 3. The largest absolute Gasteiger partial charge is 0.307 e. The van der Waals surface area contributed by atoms with Crippen molar-refractivity contribution in [2.24, 2.45) is 7.05 Å². The van der Waals surface area contributed by atoms with E-state index in [1.807, 2.05) is 22.4 Å². The molecule has 0 atom stereocenters. The lowest BCUT2D eigenvalue weighted by molar-refractivity contribution is 0.160. The minimum absolute atomic E-state index is 0.674. The second-order valence-corrected chi connectivity index (χ2v) is 7.73. The predicted octanol–water partition coefficient (Wildman–Crippen LogP) is 4.38. The molecule has 4 rings (SSSR count). The van der Waals surface area contributed by atoms with Crippen molar-refractivity contribution in [2.45, 2.75) is 31.8 Å². The van der Waals surface area contributed by atoms with Crippen molar-refractivity contribution in [3.8, 4) is 0 Å². The second-order valence-electron chi connectivity index (χ2n) is 7.36. The van der Waals surface area contributed by atoms with Gasteiger partial charge in [0.1, 0.15) is 5.82 Å². The van der Waals surface area contributed by atoms with Gasteiger partial charge in [-0.2, -0.15) is 5.10 Å². The summed E-state index contributed by atoms with van der Waals surface area (Å²) in [6, 6.07) is 21.3. The van der Waals surface area contributed by atoms with Crippen molar-refractivity contribution < 1.29 is 0 Å². The quantitative estimate of drug-likeness (QED) is 0.616. The summed E-state index contributed by atoms with van der Waals surface area (Å²) < 4.78 is 4.82. The molecule has 1 aliphatic heterocycles. The summed E-state index contributed by atoms with van der Waals surface area (Å²) in [6.45, 7) is 2.96. The van der Waals surface area contributed by atoms with Crippen molar-refractivity contribution in [2.75, 3.05) is 13.1 Å². The Kier molecular flexibility index (Phi) is 5.50. The van der Waals surface area contributed by atoms with Crippen LogP contribution in [0.25, 0.3) is 0 Å². The number of rotatable bonds is 5. The van der Waals surface area contributed by atoms with E-state index in [0.29, 0.717) is 5.92 Å². The van der Waals surface area contributed by atoms with E-state index in [-0.39, 0.29) is 0 Å². The van der Waals surface area contributed by atoms with Crippen LogP contribution in [0.1, 0.15) is 35.7 Å². The van der Waals surface area contributed by atoms with Crippen molar-refractivity contribution in [1.29, 1.82) is 0 Å². The summed E-state index contributed by atoms with van der Waals surface area (Å²) in [5.41, 5.74) is 2.73. The molecule has 3 aromatic rings. The third-order valence-corrected chi connectivity index (χ3v) is 6.01. The van der Waals surface area contributed by atoms with Crippen LogP contribution in [0.3, 0.4) is 0 Å². The molecule has 27 heavy (non-hydrogen) atoms. The van der Waals surface area contributed by atoms with Gasteiger partial charge < -0.3 is 4.57 Å². The third-order valence-electron chi connectivity index (χ3n) is 5.53. The van der Waals surface area contributed by atoms with Gasteiger partial charge in [0.05, 0.1) is 6.67 Å². The monoisotopic (exact) mass is 378 g/mol. The lowest BCUT2D eigenvalue weighted by Gasteiger charge is -2.31. The summed E-state index contributed by atoms with van der Waals surface area (Å²) in [5, 5.41) is 4.81. The summed E-state index contributed by atoms with van der Waals surface area (Å²) in [5.74, 6) is 1.69. The smallest absolute Gasteiger partial charge is 0.198 e.